The van der Waals surface area contributed by atoms with E-state index in [4.69, 9.17) is 0 Å². The SMILES string of the molecule is O=C(CN[C@@H]1CCCN(c2cccnn2)C1)N[C@H]1CCCCNC1=O. The minimum atomic E-state index is -0.403. The number of aromatic nitrogens is 2. The predicted molar refractivity (Wildman–Crippen MR) is 94.1 cm³/mol. The third-order valence-electron chi connectivity index (χ3n) is 4.73. The highest BCUT2D eigenvalue weighted by Gasteiger charge is 2.24. The quantitative estimate of drug-likeness (QED) is 0.684. The third kappa shape index (κ3) is 5.12. The van der Waals surface area contributed by atoms with Crippen molar-refractivity contribution in [2.75, 3.05) is 31.1 Å². The van der Waals surface area contributed by atoms with Crippen LogP contribution in [0.25, 0.3) is 0 Å². The normalized spacial score (nSPS) is 24.3. The van der Waals surface area contributed by atoms with Gasteiger partial charge >= 0.3 is 0 Å². The van der Waals surface area contributed by atoms with Gasteiger partial charge in [0.2, 0.25) is 11.8 Å². The Kier molecular flexibility index (Phi) is 6.16. The summed E-state index contributed by atoms with van der Waals surface area (Å²) in [6.45, 7) is 2.67. The van der Waals surface area contributed by atoms with Crippen molar-refractivity contribution in [1.29, 1.82) is 0 Å². The van der Waals surface area contributed by atoms with Crippen LogP contribution in [-0.2, 0) is 9.59 Å². The van der Waals surface area contributed by atoms with Gasteiger partial charge in [0.05, 0.1) is 6.54 Å². The highest BCUT2D eigenvalue weighted by molar-refractivity contribution is 5.88. The molecule has 2 amide bonds. The lowest BCUT2D eigenvalue weighted by molar-refractivity contribution is -0.128. The van der Waals surface area contributed by atoms with E-state index in [-0.39, 0.29) is 24.4 Å². The second-order valence-electron chi connectivity index (χ2n) is 6.65. The van der Waals surface area contributed by atoms with Crippen LogP contribution in [0.2, 0.25) is 0 Å². The molecule has 3 rings (SSSR count). The zero-order valence-electron chi connectivity index (χ0n) is 14.4. The molecule has 2 aliphatic rings. The van der Waals surface area contributed by atoms with Crippen molar-refractivity contribution in [2.45, 2.75) is 44.2 Å². The van der Waals surface area contributed by atoms with Crippen molar-refractivity contribution < 1.29 is 9.59 Å². The van der Waals surface area contributed by atoms with Crippen LogP contribution in [0.4, 0.5) is 5.82 Å². The molecule has 0 saturated carbocycles. The molecule has 136 valence electrons. The van der Waals surface area contributed by atoms with Crippen molar-refractivity contribution >= 4 is 17.6 Å². The van der Waals surface area contributed by atoms with Crippen LogP contribution in [0.3, 0.4) is 0 Å². The van der Waals surface area contributed by atoms with Gasteiger partial charge in [-0.1, -0.05) is 0 Å². The predicted octanol–water partition coefficient (Wildman–Crippen LogP) is -0.180. The number of carbonyl (C=O) groups excluding carboxylic acids is 2. The van der Waals surface area contributed by atoms with E-state index in [2.05, 4.69) is 31.0 Å². The number of anilines is 1. The smallest absolute Gasteiger partial charge is 0.242 e. The van der Waals surface area contributed by atoms with Crippen LogP contribution in [0.1, 0.15) is 32.1 Å². The molecule has 0 radical (unpaired) electrons. The van der Waals surface area contributed by atoms with E-state index in [1.807, 2.05) is 12.1 Å². The topological polar surface area (TPSA) is 99.2 Å². The Labute approximate surface area is 147 Å². The molecule has 2 aliphatic heterocycles. The van der Waals surface area contributed by atoms with Crippen molar-refractivity contribution in [1.82, 2.24) is 26.1 Å². The first-order valence-electron chi connectivity index (χ1n) is 9.05. The second kappa shape index (κ2) is 8.75. The van der Waals surface area contributed by atoms with E-state index in [0.717, 1.165) is 44.6 Å². The fraction of sp³-hybridized carbons (Fsp3) is 0.647. The lowest BCUT2D eigenvalue weighted by atomic mass is 10.1. The van der Waals surface area contributed by atoms with Gasteiger partial charge in [-0.25, -0.2) is 0 Å². The summed E-state index contributed by atoms with van der Waals surface area (Å²) < 4.78 is 0. The van der Waals surface area contributed by atoms with Gasteiger partial charge in [-0.15, -0.1) is 5.10 Å². The van der Waals surface area contributed by atoms with E-state index in [1.54, 1.807) is 6.20 Å². The molecule has 0 spiro atoms. The average molecular weight is 346 g/mol. The maximum atomic E-state index is 12.2. The van der Waals surface area contributed by atoms with Gasteiger partial charge in [0.25, 0.3) is 0 Å². The largest absolute Gasteiger partial charge is 0.354 e. The zero-order chi connectivity index (χ0) is 17.5. The summed E-state index contributed by atoms with van der Waals surface area (Å²) in [7, 11) is 0. The van der Waals surface area contributed by atoms with Crippen LogP contribution >= 0.6 is 0 Å². The summed E-state index contributed by atoms with van der Waals surface area (Å²) in [6, 6.07) is 3.65. The maximum Gasteiger partial charge on any atom is 0.242 e. The number of hydrogen-bond donors (Lipinski definition) is 3. The van der Waals surface area contributed by atoms with Gasteiger partial charge in [0.15, 0.2) is 5.82 Å². The molecule has 1 aromatic heterocycles. The number of piperidine rings is 1. The molecule has 2 fully saturated rings. The van der Waals surface area contributed by atoms with E-state index in [1.165, 1.54) is 0 Å². The van der Waals surface area contributed by atoms with Crippen LogP contribution in [0.15, 0.2) is 18.3 Å². The van der Waals surface area contributed by atoms with E-state index < -0.39 is 6.04 Å². The monoisotopic (exact) mass is 346 g/mol. The van der Waals surface area contributed by atoms with Crippen LogP contribution in [0, 0.1) is 0 Å². The van der Waals surface area contributed by atoms with Gasteiger partial charge in [0.1, 0.15) is 6.04 Å². The Bertz CT molecular complexity index is 582. The molecular weight excluding hydrogens is 320 g/mol. The minimum Gasteiger partial charge on any atom is -0.354 e. The standard InChI is InChI=1S/C17H26N6O2/c24-16(21-14-6-1-2-8-18-17(14)25)11-19-13-5-4-10-23(12-13)15-7-3-9-20-22-15/h3,7,9,13-14,19H,1-2,4-6,8,10-12H2,(H,18,25)(H,21,24)/t13-,14+/m1/s1. The summed E-state index contributed by atoms with van der Waals surface area (Å²) >= 11 is 0. The molecule has 8 nitrogen and oxygen atoms in total. The first kappa shape index (κ1) is 17.6. The highest BCUT2D eigenvalue weighted by atomic mass is 16.2. The highest BCUT2D eigenvalue weighted by Crippen LogP contribution is 2.16. The molecule has 8 heteroatoms. The molecule has 25 heavy (non-hydrogen) atoms. The Balaban J connectivity index is 1.44. The van der Waals surface area contributed by atoms with Crippen LogP contribution in [0.5, 0.6) is 0 Å². The Morgan fingerprint density at radius 1 is 1.32 bits per heavy atom. The van der Waals surface area contributed by atoms with Crippen molar-refractivity contribution in [2.24, 2.45) is 0 Å². The summed E-state index contributed by atoms with van der Waals surface area (Å²) in [5.74, 6) is 0.671. The molecule has 0 aliphatic carbocycles. The number of hydrogen-bond acceptors (Lipinski definition) is 6. The Hall–Kier alpha value is -2.22. The van der Waals surface area contributed by atoms with Crippen LogP contribution in [-0.4, -0.2) is 60.3 Å². The summed E-state index contributed by atoms with van der Waals surface area (Å²) in [5, 5.41) is 17.1. The first-order valence-corrected chi connectivity index (χ1v) is 9.05. The third-order valence-corrected chi connectivity index (χ3v) is 4.73. The molecular formula is C17H26N6O2. The number of nitrogens with one attached hydrogen (secondary N) is 3. The molecule has 1 aromatic rings. The summed E-state index contributed by atoms with van der Waals surface area (Å²) in [5.41, 5.74) is 0. The zero-order valence-corrected chi connectivity index (χ0v) is 14.4. The molecule has 2 atom stereocenters. The fourth-order valence-electron chi connectivity index (χ4n) is 3.37. The lowest BCUT2D eigenvalue weighted by Crippen LogP contribution is -2.51. The molecule has 3 heterocycles. The number of amides is 2. The lowest BCUT2D eigenvalue weighted by Gasteiger charge is -2.33. The fourth-order valence-corrected chi connectivity index (χ4v) is 3.37. The van der Waals surface area contributed by atoms with Gasteiger partial charge in [-0.05, 0) is 44.2 Å². The van der Waals surface area contributed by atoms with Gasteiger partial charge in [-0.2, -0.15) is 5.10 Å². The molecule has 0 aromatic carbocycles. The van der Waals surface area contributed by atoms with E-state index in [9.17, 15) is 9.59 Å². The second-order valence-corrected chi connectivity index (χ2v) is 6.65. The van der Waals surface area contributed by atoms with Gasteiger partial charge < -0.3 is 20.9 Å². The average Bonchev–Trinajstić information content (AvgIpc) is 2.85. The minimum absolute atomic E-state index is 0.0719. The van der Waals surface area contributed by atoms with Gasteiger partial charge in [-0.3, -0.25) is 9.59 Å². The van der Waals surface area contributed by atoms with Crippen LogP contribution < -0.4 is 20.9 Å². The molecule has 2 saturated heterocycles. The number of nitrogens with zero attached hydrogens (tertiary/aromatic N) is 3. The van der Waals surface area contributed by atoms with Crippen molar-refractivity contribution in [3.05, 3.63) is 18.3 Å². The Morgan fingerprint density at radius 3 is 3.08 bits per heavy atom. The van der Waals surface area contributed by atoms with Crippen molar-refractivity contribution in [3.8, 4) is 0 Å². The van der Waals surface area contributed by atoms with Gasteiger partial charge in [0, 0.05) is 31.9 Å². The summed E-state index contributed by atoms with van der Waals surface area (Å²) in [6.07, 6.45) is 6.36. The molecule has 3 N–H and O–H groups in total. The van der Waals surface area contributed by atoms with E-state index >= 15 is 0 Å². The first-order chi connectivity index (χ1) is 12.2. The summed E-state index contributed by atoms with van der Waals surface area (Å²) in [4.78, 5) is 26.2. The van der Waals surface area contributed by atoms with Crippen molar-refractivity contribution in [3.63, 3.8) is 0 Å². The number of carbonyl (C=O) groups is 2. The van der Waals surface area contributed by atoms with E-state index in [0.29, 0.717) is 13.0 Å². The molecule has 0 bridgehead atoms. The Morgan fingerprint density at radius 2 is 2.24 bits per heavy atom. The maximum absolute atomic E-state index is 12.2. The molecule has 0 unspecified atom stereocenters. The number of rotatable bonds is 5.